The van der Waals surface area contributed by atoms with Crippen molar-refractivity contribution >= 4 is 10.0 Å². The van der Waals surface area contributed by atoms with E-state index in [4.69, 9.17) is 9.47 Å². The Morgan fingerprint density at radius 2 is 1.74 bits per heavy atom. The van der Waals surface area contributed by atoms with E-state index in [-0.39, 0.29) is 11.8 Å². The lowest BCUT2D eigenvalue weighted by Crippen LogP contribution is -2.40. The van der Waals surface area contributed by atoms with Gasteiger partial charge in [0.15, 0.2) is 6.29 Å². The third-order valence-corrected chi connectivity index (χ3v) is 5.46. The van der Waals surface area contributed by atoms with Gasteiger partial charge in [0.2, 0.25) is 10.0 Å². The van der Waals surface area contributed by atoms with Crippen LogP contribution in [0.3, 0.4) is 0 Å². The van der Waals surface area contributed by atoms with Gasteiger partial charge in [0.05, 0.1) is 0 Å². The highest BCUT2D eigenvalue weighted by Crippen LogP contribution is 2.24. The summed E-state index contributed by atoms with van der Waals surface area (Å²) < 4.78 is 37.1. The molecule has 1 N–H and O–H groups in total. The van der Waals surface area contributed by atoms with Crippen LogP contribution in [0.25, 0.3) is 0 Å². The van der Waals surface area contributed by atoms with Crippen LogP contribution in [0.1, 0.15) is 24.4 Å². The molecule has 0 spiro atoms. The van der Waals surface area contributed by atoms with E-state index in [2.05, 4.69) is 9.62 Å². The molecule has 23 heavy (non-hydrogen) atoms. The quantitative estimate of drug-likeness (QED) is 0.687. The fourth-order valence-electron chi connectivity index (χ4n) is 2.86. The lowest BCUT2D eigenvalue weighted by molar-refractivity contribution is -0.0853. The van der Waals surface area contributed by atoms with Crippen molar-refractivity contribution in [2.24, 2.45) is 0 Å². The Labute approximate surface area is 138 Å². The first kappa shape index (κ1) is 18.4. The van der Waals surface area contributed by atoms with Crippen molar-refractivity contribution in [3.63, 3.8) is 0 Å². The zero-order chi connectivity index (χ0) is 16.7. The van der Waals surface area contributed by atoms with E-state index in [1.54, 1.807) is 0 Å². The summed E-state index contributed by atoms with van der Waals surface area (Å²) in [5, 5.41) is 0. The Morgan fingerprint density at radius 3 is 2.30 bits per heavy atom. The van der Waals surface area contributed by atoms with E-state index in [0.29, 0.717) is 6.54 Å². The van der Waals surface area contributed by atoms with Crippen molar-refractivity contribution < 1.29 is 17.9 Å². The van der Waals surface area contributed by atoms with Gasteiger partial charge in [0.1, 0.15) is 5.75 Å². The van der Waals surface area contributed by atoms with Gasteiger partial charge < -0.3 is 9.47 Å². The zero-order valence-electron chi connectivity index (χ0n) is 13.8. The maximum Gasteiger partial charge on any atom is 0.216 e. The number of methoxy groups -OCH3 is 2. The van der Waals surface area contributed by atoms with Crippen LogP contribution >= 0.6 is 0 Å². The molecule has 0 bridgehead atoms. The Morgan fingerprint density at radius 1 is 1.13 bits per heavy atom. The summed E-state index contributed by atoms with van der Waals surface area (Å²) in [5.74, 6) is -0.207. The molecule has 0 aromatic heterocycles. The number of benzene rings is 1. The van der Waals surface area contributed by atoms with Gasteiger partial charge >= 0.3 is 0 Å². The molecule has 1 aromatic rings. The molecule has 1 aromatic carbocycles. The lowest BCUT2D eigenvalue weighted by atomic mass is 10.1. The number of sulfonamides is 1. The summed E-state index contributed by atoms with van der Waals surface area (Å²) >= 11 is 0. The van der Waals surface area contributed by atoms with Crippen molar-refractivity contribution in [2.75, 3.05) is 39.6 Å². The molecule has 1 atom stereocenters. The van der Waals surface area contributed by atoms with Crippen molar-refractivity contribution in [3.8, 4) is 0 Å². The fourth-order valence-corrected chi connectivity index (χ4v) is 4.02. The van der Waals surface area contributed by atoms with Gasteiger partial charge in [-0.05, 0) is 31.5 Å². The van der Waals surface area contributed by atoms with Crippen molar-refractivity contribution in [3.05, 3.63) is 35.9 Å². The second kappa shape index (κ2) is 8.75. The third kappa shape index (κ3) is 5.54. The number of ether oxygens (including phenoxy) is 2. The van der Waals surface area contributed by atoms with E-state index in [9.17, 15) is 8.42 Å². The van der Waals surface area contributed by atoms with E-state index < -0.39 is 16.3 Å². The first-order valence-corrected chi connectivity index (χ1v) is 9.53. The number of hydrogen-bond donors (Lipinski definition) is 1. The molecule has 0 aliphatic carbocycles. The number of likely N-dealkylation sites (tertiary alicyclic amines) is 1. The minimum absolute atomic E-state index is 0.0528. The Bertz CT molecular complexity index is 555. The average molecular weight is 342 g/mol. The van der Waals surface area contributed by atoms with Crippen LogP contribution in [0.5, 0.6) is 0 Å². The number of nitrogens with one attached hydrogen (secondary N) is 1. The predicted molar refractivity (Wildman–Crippen MR) is 89.6 cm³/mol. The Balaban J connectivity index is 2.03. The molecule has 7 heteroatoms. The van der Waals surface area contributed by atoms with Crippen LogP contribution in [0, 0.1) is 0 Å². The number of hydrogen-bond acceptors (Lipinski definition) is 5. The molecule has 6 nitrogen and oxygen atoms in total. The maximum atomic E-state index is 12.2. The summed E-state index contributed by atoms with van der Waals surface area (Å²) in [6.45, 7) is 2.35. The van der Waals surface area contributed by atoms with Crippen molar-refractivity contribution in [1.29, 1.82) is 0 Å². The first-order valence-electron chi connectivity index (χ1n) is 7.87. The van der Waals surface area contributed by atoms with Crippen LogP contribution in [0.15, 0.2) is 30.3 Å². The second-order valence-electron chi connectivity index (χ2n) is 5.70. The first-order chi connectivity index (χ1) is 11.1. The normalized spacial score (nSPS) is 17.7. The molecule has 0 radical (unpaired) electrons. The summed E-state index contributed by atoms with van der Waals surface area (Å²) in [6, 6.07) is 10.1. The summed E-state index contributed by atoms with van der Waals surface area (Å²) in [5.41, 5.74) is 1.13. The van der Waals surface area contributed by atoms with Gasteiger partial charge in [-0.2, -0.15) is 0 Å². The molecule has 0 amide bonds. The topological polar surface area (TPSA) is 67.9 Å². The highest BCUT2D eigenvalue weighted by molar-refractivity contribution is 7.89. The molecule has 2 rings (SSSR count). The highest BCUT2D eigenvalue weighted by atomic mass is 32.2. The van der Waals surface area contributed by atoms with Gasteiger partial charge in [-0.25, -0.2) is 13.1 Å². The molecule has 1 fully saturated rings. The predicted octanol–water partition coefficient (Wildman–Crippen LogP) is 1.36. The lowest BCUT2D eigenvalue weighted by Gasteiger charge is -2.28. The summed E-state index contributed by atoms with van der Waals surface area (Å²) in [4.78, 5) is 2.34. The zero-order valence-corrected chi connectivity index (χ0v) is 14.6. The number of rotatable bonds is 9. The van der Waals surface area contributed by atoms with Gasteiger partial charge in [0.25, 0.3) is 0 Å². The van der Waals surface area contributed by atoms with E-state index in [1.165, 1.54) is 14.2 Å². The second-order valence-corrected chi connectivity index (χ2v) is 7.55. The van der Waals surface area contributed by atoms with Crippen LogP contribution < -0.4 is 4.72 Å². The van der Waals surface area contributed by atoms with E-state index in [0.717, 1.165) is 31.5 Å². The fraction of sp³-hybridized carbons (Fsp3) is 0.625. The van der Waals surface area contributed by atoms with Crippen LogP contribution in [0.4, 0.5) is 0 Å². The van der Waals surface area contributed by atoms with Gasteiger partial charge in [0, 0.05) is 26.8 Å². The molecular weight excluding hydrogens is 316 g/mol. The molecule has 1 aliphatic heterocycles. The maximum absolute atomic E-state index is 12.2. The van der Waals surface area contributed by atoms with Crippen LogP contribution in [-0.2, 0) is 19.5 Å². The van der Waals surface area contributed by atoms with Gasteiger partial charge in [-0.1, -0.05) is 30.3 Å². The van der Waals surface area contributed by atoms with E-state index >= 15 is 0 Å². The largest absolute Gasteiger partial charge is 0.355 e. The molecule has 1 saturated heterocycles. The van der Waals surface area contributed by atoms with Crippen molar-refractivity contribution in [1.82, 2.24) is 9.62 Å². The van der Waals surface area contributed by atoms with Gasteiger partial charge in [-0.15, -0.1) is 0 Å². The average Bonchev–Trinajstić information content (AvgIpc) is 3.08. The molecule has 130 valence electrons. The number of nitrogens with zero attached hydrogens (tertiary/aromatic N) is 1. The van der Waals surface area contributed by atoms with Crippen LogP contribution in [-0.4, -0.2) is 59.2 Å². The molecule has 1 unspecified atom stereocenters. The van der Waals surface area contributed by atoms with Gasteiger partial charge in [-0.3, -0.25) is 4.90 Å². The summed E-state index contributed by atoms with van der Waals surface area (Å²) in [7, 11) is -0.602. The SMILES string of the molecule is COC(CS(=O)(=O)NCC(c1ccccc1)N1CCCC1)OC. The Kier molecular flexibility index (Phi) is 6.98. The molecule has 1 aliphatic rings. The monoisotopic (exact) mass is 342 g/mol. The minimum atomic E-state index is -3.46. The van der Waals surface area contributed by atoms with Crippen LogP contribution in [0.2, 0.25) is 0 Å². The summed E-state index contributed by atoms with van der Waals surface area (Å²) in [6.07, 6.45) is 1.56. The van der Waals surface area contributed by atoms with E-state index in [1.807, 2.05) is 30.3 Å². The Hall–Kier alpha value is -0.990. The molecule has 1 heterocycles. The standard InChI is InChI=1S/C16H26N2O4S/c1-21-16(22-2)13-23(19,20)17-12-15(18-10-6-7-11-18)14-8-4-3-5-9-14/h3-5,8-9,15-17H,6-7,10-13H2,1-2H3. The van der Waals surface area contributed by atoms with Crippen molar-refractivity contribution in [2.45, 2.75) is 25.2 Å². The molecule has 0 saturated carbocycles. The highest BCUT2D eigenvalue weighted by Gasteiger charge is 2.26. The molecular formula is C16H26N2O4S. The minimum Gasteiger partial charge on any atom is -0.355 e. The smallest absolute Gasteiger partial charge is 0.216 e. The third-order valence-electron chi connectivity index (χ3n) is 4.14.